The van der Waals surface area contributed by atoms with E-state index in [4.69, 9.17) is 9.47 Å². The van der Waals surface area contributed by atoms with Gasteiger partial charge in [0.25, 0.3) is 0 Å². The van der Waals surface area contributed by atoms with Gasteiger partial charge in [0.05, 0.1) is 14.2 Å². The topological polar surface area (TPSA) is 55.8 Å². The molecule has 0 radical (unpaired) electrons. The van der Waals surface area contributed by atoms with E-state index in [1.54, 1.807) is 26.0 Å². The lowest BCUT2D eigenvalue weighted by Gasteiger charge is -2.22. The number of sulfonamides is 1. The first-order valence-electron chi connectivity index (χ1n) is 6.23. The van der Waals surface area contributed by atoms with Crippen LogP contribution in [0.1, 0.15) is 13.8 Å². The molecule has 0 aliphatic rings. The summed E-state index contributed by atoms with van der Waals surface area (Å²) in [4.78, 5) is 0.0995. The van der Waals surface area contributed by atoms with Gasteiger partial charge in [-0.1, -0.05) is 19.1 Å². The smallest absolute Gasteiger partial charge is 0.247 e. The highest BCUT2D eigenvalue weighted by Gasteiger charge is 2.27. The van der Waals surface area contributed by atoms with Crippen molar-refractivity contribution in [1.82, 2.24) is 4.31 Å². The van der Waals surface area contributed by atoms with Gasteiger partial charge in [0.2, 0.25) is 10.0 Å². The lowest BCUT2D eigenvalue weighted by Crippen LogP contribution is -2.32. The molecule has 0 aliphatic heterocycles. The third kappa shape index (κ3) is 3.52. The first-order valence-corrected chi connectivity index (χ1v) is 7.67. The van der Waals surface area contributed by atoms with Crippen molar-refractivity contribution < 1.29 is 17.9 Å². The molecule has 0 amide bonds. The van der Waals surface area contributed by atoms with E-state index in [2.05, 4.69) is 6.58 Å². The molecule has 112 valence electrons. The minimum Gasteiger partial charge on any atom is -0.497 e. The van der Waals surface area contributed by atoms with Gasteiger partial charge in [-0.2, -0.15) is 4.31 Å². The van der Waals surface area contributed by atoms with E-state index < -0.39 is 10.0 Å². The Morgan fingerprint density at radius 1 is 1.30 bits per heavy atom. The molecule has 1 aromatic carbocycles. The second-order valence-corrected chi connectivity index (χ2v) is 6.31. The summed E-state index contributed by atoms with van der Waals surface area (Å²) < 4.78 is 37.0. The number of nitrogens with zero attached hydrogens (tertiary/aromatic N) is 1. The number of methoxy groups -OCH3 is 2. The molecule has 0 fully saturated rings. The fourth-order valence-electron chi connectivity index (χ4n) is 1.79. The van der Waals surface area contributed by atoms with Gasteiger partial charge in [-0.3, -0.25) is 0 Å². The zero-order chi connectivity index (χ0) is 15.3. The second kappa shape index (κ2) is 6.76. The number of hydrogen-bond donors (Lipinski definition) is 0. The van der Waals surface area contributed by atoms with E-state index in [0.717, 1.165) is 5.57 Å². The summed E-state index contributed by atoms with van der Waals surface area (Å²) in [6.45, 7) is 7.98. The van der Waals surface area contributed by atoms with E-state index in [1.807, 2.05) is 0 Å². The number of likely N-dealkylation sites (N-methyl/N-ethyl adjacent to an activating group) is 1. The first-order chi connectivity index (χ1) is 9.36. The van der Waals surface area contributed by atoms with Gasteiger partial charge in [-0.25, -0.2) is 8.42 Å². The molecule has 1 rings (SSSR count). The maximum atomic E-state index is 12.7. The molecule has 5 nitrogen and oxygen atoms in total. The van der Waals surface area contributed by atoms with Gasteiger partial charge in [0.15, 0.2) is 0 Å². The molecular formula is C14H21NO4S. The van der Waals surface area contributed by atoms with Crippen molar-refractivity contribution in [3.63, 3.8) is 0 Å². The predicted molar refractivity (Wildman–Crippen MR) is 78.8 cm³/mol. The van der Waals surface area contributed by atoms with Crippen molar-refractivity contribution in [3.8, 4) is 11.5 Å². The highest BCUT2D eigenvalue weighted by atomic mass is 32.2. The lowest BCUT2D eigenvalue weighted by molar-refractivity contribution is 0.387. The van der Waals surface area contributed by atoms with Crippen LogP contribution in [0.4, 0.5) is 0 Å². The van der Waals surface area contributed by atoms with Crippen molar-refractivity contribution >= 4 is 10.0 Å². The van der Waals surface area contributed by atoms with E-state index >= 15 is 0 Å². The Hall–Kier alpha value is -1.53. The molecule has 0 bridgehead atoms. The van der Waals surface area contributed by atoms with Crippen molar-refractivity contribution in [3.05, 3.63) is 30.4 Å². The fraction of sp³-hybridized carbons (Fsp3) is 0.429. The van der Waals surface area contributed by atoms with Crippen LogP contribution in [-0.4, -0.2) is 40.0 Å². The van der Waals surface area contributed by atoms with E-state index in [9.17, 15) is 8.42 Å². The SMILES string of the molecule is C=C(C)CN(CC)S(=O)(=O)c1cc(OC)ccc1OC. The third-order valence-corrected chi connectivity index (χ3v) is 4.73. The first kappa shape index (κ1) is 16.5. The number of ether oxygens (including phenoxy) is 2. The minimum absolute atomic E-state index is 0.0995. The highest BCUT2D eigenvalue weighted by molar-refractivity contribution is 7.89. The van der Waals surface area contributed by atoms with Crippen LogP contribution in [0.15, 0.2) is 35.2 Å². The summed E-state index contributed by atoms with van der Waals surface area (Å²) in [5.74, 6) is 0.765. The van der Waals surface area contributed by atoms with Crippen LogP contribution in [0.5, 0.6) is 11.5 Å². The molecule has 0 unspecified atom stereocenters. The molecule has 0 aliphatic carbocycles. The van der Waals surface area contributed by atoms with Crippen LogP contribution in [0.2, 0.25) is 0 Å². The molecular weight excluding hydrogens is 278 g/mol. The summed E-state index contributed by atoms with van der Waals surface area (Å²) in [7, 11) is -0.724. The maximum Gasteiger partial charge on any atom is 0.247 e. The summed E-state index contributed by atoms with van der Waals surface area (Å²) in [6.07, 6.45) is 0. The minimum atomic E-state index is -3.65. The van der Waals surface area contributed by atoms with Gasteiger partial charge in [0.1, 0.15) is 16.4 Å². The molecule has 0 heterocycles. The van der Waals surface area contributed by atoms with Gasteiger partial charge < -0.3 is 9.47 Å². The molecule has 6 heteroatoms. The Morgan fingerprint density at radius 2 is 1.95 bits per heavy atom. The number of benzene rings is 1. The Morgan fingerprint density at radius 3 is 2.40 bits per heavy atom. The molecule has 0 spiro atoms. The summed E-state index contributed by atoms with van der Waals surface area (Å²) in [5, 5.41) is 0. The zero-order valence-electron chi connectivity index (χ0n) is 12.3. The van der Waals surface area contributed by atoms with Crippen molar-refractivity contribution in [1.29, 1.82) is 0 Å². The van der Waals surface area contributed by atoms with Crippen LogP contribution < -0.4 is 9.47 Å². The van der Waals surface area contributed by atoms with Gasteiger partial charge >= 0.3 is 0 Å². The average molecular weight is 299 g/mol. The largest absolute Gasteiger partial charge is 0.497 e. The standard InChI is InChI=1S/C14H21NO4S/c1-6-15(10-11(2)3)20(16,17)14-9-12(18-4)7-8-13(14)19-5/h7-9H,2,6,10H2,1,3-5H3. The monoisotopic (exact) mass is 299 g/mol. The zero-order valence-corrected chi connectivity index (χ0v) is 13.2. The van der Waals surface area contributed by atoms with E-state index in [-0.39, 0.29) is 11.4 Å². The Balaban J connectivity index is 3.35. The molecule has 0 atom stereocenters. The molecule has 0 saturated carbocycles. The average Bonchev–Trinajstić information content (AvgIpc) is 2.43. The molecule has 0 saturated heterocycles. The van der Waals surface area contributed by atoms with Crippen molar-refractivity contribution in [2.24, 2.45) is 0 Å². The Bertz CT molecular complexity index is 581. The van der Waals surface area contributed by atoms with Crippen LogP contribution in [0.25, 0.3) is 0 Å². The highest BCUT2D eigenvalue weighted by Crippen LogP contribution is 2.30. The molecule has 1 aromatic rings. The van der Waals surface area contributed by atoms with E-state index in [0.29, 0.717) is 18.0 Å². The Labute approximate surface area is 120 Å². The number of hydrogen-bond acceptors (Lipinski definition) is 4. The molecule has 0 aromatic heterocycles. The second-order valence-electron chi connectivity index (χ2n) is 4.41. The normalized spacial score (nSPS) is 11.4. The van der Waals surface area contributed by atoms with Crippen molar-refractivity contribution in [2.45, 2.75) is 18.7 Å². The van der Waals surface area contributed by atoms with Gasteiger partial charge in [0, 0.05) is 19.2 Å². The van der Waals surface area contributed by atoms with Gasteiger partial charge in [-0.15, -0.1) is 0 Å². The Kier molecular flexibility index (Phi) is 5.59. The van der Waals surface area contributed by atoms with Crippen LogP contribution >= 0.6 is 0 Å². The van der Waals surface area contributed by atoms with Crippen LogP contribution in [0.3, 0.4) is 0 Å². The van der Waals surface area contributed by atoms with Crippen LogP contribution in [-0.2, 0) is 10.0 Å². The van der Waals surface area contributed by atoms with Crippen molar-refractivity contribution in [2.75, 3.05) is 27.3 Å². The third-order valence-electron chi connectivity index (χ3n) is 2.79. The quantitative estimate of drug-likeness (QED) is 0.725. The predicted octanol–water partition coefficient (Wildman–Crippen LogP) is 2.29. The lowest BCUT2D eigenvalue weighted by atomic mass is 10.3. The molecule has 20 heavy (non-hydrogen) atoms. The summed E-state index contributed by atoms with van der Waals surface area (Å²) in [5.41, 5.74) is 0.775. The van der Waals surface area contributed by atoms with Crippen LogP contribution in [0, 0.1) is 0 Å². The van der Waals surface area contributed by atoms with E-state index in [1.165, 1.54) is 24.6 Å². The summed E-state index contributed by atoms with van der Waals surface area (Å²) in [6, 6.07) is 4.71. The fourth-order valence-corrected chi connectivity index (χ4v) is 3.47. The maximum absolute atomic E-state index is 12.7. The van der Waals surface area contributed by atoms with Gasteiger partial charge in [-0.05, 0) is 19.1 Å². The summed E-state index contributed by atoms with van der Waals surface area (Å²) >= 11 is 0. The molecule has 0 N–H and O–H groups in total. The number of rotatable bonds is 7.